The molecule has 5 nitrogen and oxygen atoms in total. The Morgan fingerprint density at radius 1 is 1.35 bits per heavy atom. The van der Waals surface area contributed by atoms with Gasteiger partial charge in [0, 0.05) is 0 Å². The number of nitrogens with zero attached hydrogens (tertiary/aromatic N) is 3. The monoisotopic (exact) mass is 232 g/mol. The SMILES string of the molecule is O=C1CC(c2ccc(F)cc2)n2ncnc2N1. The van der Waals surface area contributed by atoms with E-state index in [-0.39, 0.29) is 24.2 Å². The fourth-order valence-electron chi connectivity index (χ4n) is 1.95. The zero-order valence-electron chi connectivity index (χ0n) is 8.80. The van der Waals surface area contributed by atoms with E-state index >= 15 is 0 Å². The highest BCUT2D eigenvalue weighted by atomic mass is 19.1. The Morgan fingerprint density at radius 2 is 2.12 bits per heavy atom. The van der Waals surface area contributed by atoms with Gasteiger partial charge in [-0.2, -0.15) is 10.1 Å². The average Bonchev–Trinajstić information content (AvgIpc) is 2.77. The zero-order chi connectivity index (χ0) is 11.8. The van der Waals surface area contributed by atoms with Gasteiger partial charge in [-0.05, 0) is 17.7 Å². The van der Waals surface area contributed by atoms with E-state index in [0.29, 0.717) is 5.95 Å². The lowest BCUT2D eigenvalue weighted by Gasteiger charge is -2.23. The summed E-state index contributed by atoms with van der Waals surface area (Å²) < 4.78 is 14.5. The standard InChI is InChI=1S/C11H9FN4O/c12-8-3-1-7(2-4-8)9-5-10(17)15-11-13-6-14-16(9)11/h1-4,6,9H,5H2,(H,13,14,15,17). The van der Waals surface area contributed by atoms with E-state index in [0.717, 1.165) is 5.56 Å². The van der Waals surface area contributed by atoms with Gasteiger partial charge in [0.15, 0.2) is 0 Å². The molecule has 0 saturated carbocycles. The smallest absolute Gasteiger partial charge is 0.229 e. The van der Waals surface area contributed by atoms with Crippen molar-refractivity contribution in [2.45, 2.75) is 12.5 Å². The first-order chi connectivity index (χ1) is 8.24. The first-order valence-corrected chi connectivity index (χ1v) is 5.19. The third-order valence-corrected chi connectivity index (χ3v) is 2.75. The fraction of sp³-hybridized carbons (Fsp3) is 0.182. The first-order valence-electron chi connectivity index (χ1n) is 5.19. The van der Waals surface area contributed by atoms with Crippen LogP contribution in [0.4, 0.5) is 10.3 Å². The number of anilines is 1. The topological polar surface area (TPSA) is 59.8 Å². The van der Waals surface area contributed by atoms with Crippen molar-refractivity contribution in [3.05, 3.63) is 42.0 Å². The van der Waals surface area contributed by atoms with E-state index in [1.165, 1.54) is 18.5 Å². The molecule has 1 atom stereocenters. The number of halogens is 1. The van der Waals surface area contributed by atoms with Crippen LogP contribution >= 0.6 is 0 Å². The van der Waals surface area contributed by atoms with Crippen molar-refractivity contribution in [3.8, 4) is 0 Å². The Kier molecular flexibility index (Phi) is 2.14. The van der Waals surface area contributed by atoms with Gasteiger partial charge in [-0.25, -0.2) is 9.07 Å². The molecule has 1 aromatic carbocycles. The molecule has 0 fully saturated rings. The predicted octanol–water partition coefficient (Wildman–Crippen LogP) is 1.35. The highest BCUT2D eigenvalue weighted by Gasteiger charge is 2.27. The van der Waals surface area contributed by atoms with Crippen molar-refractivity contribution in [3.63, 3.8) is 0 Å². The maximum absolute atomic E-state index is 12.9. The van der Waals surface area contributed by atoms with Crippen molar-refractivity contribution < 1.29 is 9.18 Å². The van der Waals surface area contributed by atoms with Gasteiger partial charge >= 0.3 is 0 Å². The molecule has 86 valence electrons. The number of aromatic nitrogens is 3. The van der Waals surface area contributed by atoms with Crippen LogP contribution in [0.1, 0.15) is 18.0 Å². The van der Waals surface area contributed by atoms with Crippen molar-refractivity contribution in [1.29, 1.82) is 0 Å². The summed E-state index contributed by atoms with van der Waals surface area (Å²) >= 11 is 0. The zero-order valence-corrected chi connectivity index (χ0v) is 8.80. The molecule has 0 aliphatic carbocycles. The molecule has 0 bridgehead atoms. The largest absolute Gasteiger partial charge is 0.295 e. The number of carbonyl (C=O) groups excluding carboxylic acids is 1. The van der Waals surface area contributed by atoms with Crippen LogP contribution in [0.3, 0.4) is 0 Å². The second-order valence-electron chi connectivity index (χ2n) is 3.85. The number of rotatable bonds is 1. The minimum atomic E-state index is -0.298. The van der Waals surface area contributed by atoms with E-state index in [2.05, 4.69) is 15.4 Å². The number of nitrogens with one attached hydrogen (secondary N) is 1. The molecule has 1 aliphatic rings. The molecule has 1 aromatic heterocycles. The van der Waals surface area contributed by atoms with Gasteiger partial charge in [0.2, 0.25) is 11.9 Å². The molecule has 0 radical (unpaired) electrons. The van der Waals surface area contributed by atoms with Gasteiger partial charge in [0.05, 0.1) is 12.5 Å². The summed E-state index contributed by atoms with van der Waals surface area (Å²) in [6.45, 7) is 0. The molecular formula is C11H9FN4O. The van der Waals surface area contributed by atoms with Gasteiger partial charge < -0.3 is 0 Å². The number of hydrogen-bond donors (Lipinski definition) is 1. The summed E-state index contributed by atoms with van der Waals surface area (Å²) in [5.74, 6) is 0.0169. The lowest BCUT2D eigenvalue weighted by atomic mass is 10.0. The fourth-order valence-corrected chi connectivity index (χ4v) is 1.95. The second-order valence-corrected chi connectivity index (χ2v) is 3.85. The van der Waals surface area contributed by atoms with Crippen molar-refractivity contribution >= 4 is 11.9 Å². The Morgan fingerprint density at radius 3 is 2.88 bits per heavy atom. The Labute approximate surface area is 96.3 Å². The normalized spacial score (nSPS) is 18.6. The Hall–Kier alpha value is -2.24. The number of benzene rings is 1. The summed E-state index contributed by atoms with van der Waals surface area (Å²) in [6, 6.07) is 5.84. The van der Waals surface area contributed by atoms with E-state index < -0.39 is 0 Å². The summed E-state index contributed by atoms with van der Waals surface area (Å²) in [4.78, 5) is 15.5. The number of amides is 1. The Balaban J connectivity index is 2.04. The van der Waals surface area contributed by atoms with Crippen LogP contribution in [0.5, 0.6) is 0 Å². The minimum absolute atomic E-state index is 0.111. The van der Waals surface area contributed by atoms with Crippen molar-refractivity contribution in [2.75, 3.05) is 5.32 Å². The predicted molar refractivity (Wildman–Crippen MR) is 57.8 cm³/mol. The van der Waals surface area contributed by atoms with Crippen molar-refractivity contribution in [2.24, 2.45) is 0 Å². The van der Waals surface area contributed by atoms with Crippen LogP contribution in [-0.2, 0) is 4.79 Å². The second kappa shape index (κ2) is 3.65. The van der Waals surface area contributed by atoms with Crippen LogP contribution < -0.4 is 5.32 Å². The molecule has 0 saturated heterocycles. The highest BCUT2D eigenvalue weighted by Crippen LogP contribution is 2.27. The summed E-state index contributed by atoms with van der Waals surface area (Å²) in [5.41, 5.74) is 0.841. The number of fused-ring (bicyclic) bond motifs is 1. The van der Waals surface area contributed by atoms with Gasteiger partial charge in [-0.15, -0.1) is 0 Å². The van der Waals surface area contributed by atoms with Gasteiger partial charge in [0.25, 0.3) is 0 Å². The van der Waals surface area contributed by atoms with Crippen LogP contribution in [-0.4, -0.2) is 20.7 Å². The maximum Gasteiger partial charge on any atom is 0.229 e. The van der Waals surface area contributed by atoms with E-state index in [4.69, 9.17) is 0 Å². The third kappa shape index (κ3) is 1.67. The van der Waals surface area contributed by atoms with Gasteiger partial charge in [0.1, 0.15) is 12.1 Å². The minimum Gasteiger partial charge on any atom is -0.295 e. The van der Waals surface area contributed by atoms with Gasteiger partial charge in [-0.3, -0.25) is 10.1 Å². The molecule has 1 N–H and O–H groups in total. The molecule has 1 aliphatic heterocycles. The molecule has 2 heterocycles. The molecular weight excluding hydrogens is 223 g/mol. The number of carbonyl (C=O) groups is 1. The van der Waals surface area contributed by atoms with E-state index in [1.54, 1.807) is 16.8 Å². The molecule has 2 aromatic rings. The molecule has 1 amide bonds. The van der Waals surface area contributed by atoms with Crippen LogP contribution in [0.15, 0.2) is 30.6 Å². The van der Waals surface area contributed by atoms with Crippen LogP contribution in [0.25, 0.3) is 0 Å². The first kappa shape index (κ1) is 9.95. The molecule has 6 heteroatoms. The van der Waals surface area contributed by atoms with Crippen LogP contribution in [0, 0.1) is 5.82 Å². The van der Waals surface area contributed by atoms with Crippen LogP contribution in [0.2, 0.25) is 0 Å². The van der Waals surface area contributed by atoms with Gasteiger partial charge in [-0.1, -0.05) is 12.1 Å². The highest BCUT2D eigenvalue weighted by molar-refractivity contribution is 5.91. The molecule has 1 unspecified atom stereocenters. The molecule has 0 spiro atoms. The van der Waals surface area contributed by atoms with Crippen molar-refractivity contribution in [1.82, 2.24) is 14.8 Å². The summed E-state index contributed by atoms with van der Waals surface area (Å²) in [5, 5.41) is 6.70. The quantitative estimate of drug-likeness (QED) is 0.807. The maximum atomic E-state index is 12.9. The lowest BCUT2D eigenvalue weighted by molar-refractivity contribution is -0.117. The molecule has 17 heavy (non-hydrogen) atoms. The Bertz CT molecular complexity index is 563. The number of hydrogen-bond acceptors (Lipinski definition) is 3. The van der Waals surface area contributed by atoms with E-state index in [9.17, 15) is 9.18 Å². The lowest BCUT2D eigenvalue weighted by Crippen LogP contribution is -2.29. The summed E-state index contributed by atoms with van der Waals surface area (Å²) in [6.07, 6.45) is 1.67. The average molecular weight is 232 g/mol. The third-order valence-electron chi connectivity index (χ3n) is 2.75. The summed E-state index contributed by atoms with van der Waals surface area (Å²) in [7, 11) is 0. The van der Waals surface area contributed by atoms with E-state index in [1.807, 2.05) is 0 Å². The molecule has 3 rings (SSSR count).